The van der Waals surface area contributed by atoms with Crippen LogP contribution in [-0.2, 0) is 28.9 Å². The van der Waals surface area contributed by atoms with Gasteiger partial charge < -0.3 is 9.30 Å². The van der Waals surface area contributed by atoms with Crippen LogP contribution in [0.2, 0.25) is 0 Å². The van der Waals surface area contributed by atoms with Gasteiger partial charge in [-0.2, -0.15) is 0 Å². The molecule has 0 radical (unpaired) electrons. The number of carbonyl (C=O) groups excluding carboxylic acids is 1. The molecule has 0 atom stereocenters. The molecule has 26 heavy (non-hydrogen) atoms. The van der Waals surface area contributed by atoms with Gasteiger partial charge in [0.05, 0.1) is 28.2 Å². The molecule has 0 unspecified atom stereocenters. The summed E-state index contributed by atoms with van der Waals surface area (Å²) >= 11 is 1.59. The molecule has 0 saturated carbocycles. The summed E-state index contributed by atoms with van der Waals surface area (Å²) in [7, 11) is 0. The monoisotopic (exact) mass is 372 g/mol. The SMILES string of the molecule is CCOCCCn1c(NC(=O)Cc2csc(CC)n2)nc2ccccc21. The van der Waals surface area contributed by atoms with Crippen molar-refractivity contribution >= 4 is 34.2 Å². The van der Waals surface area contributed by atoms with Crippen LogP contribution in [0.5, 0.6) is 0 Å². The van der Waals surface area contributed by atoms with Gasteiger partial charge in [-0.3, -0.25) is 10.1 Å². The number of thiazole rings is 1. The zero-order valence-electron chi connectivity index (χ0n) is 15.2. The summed E-state index contributed by atoms with van der Waals surface area (Å²) in [5, 5.41) is 5.95. The van der Waals surface area contributed by atoms with Crippen molar-refractivity contribution in [2.24, 2.45) is 0 Å². The molecule has 1 aromatic carbocycles. The predicted octanol–water partition coefficient (Wildman–Crippen LogP) is 3.66. The maximum atomic E-state index is 12.5. The van der Waals surface area contributed by atoms with Crippen LogP contribution >= 0.6 is 11.3 Å². The van der Waals surface area contributed by atoms with Crippen LogP contribution in [0, 0.1) is 0 Å². The molecule has 0 aliphatic heterocycles. The summed E-state index contributed by atoms with van der Waals surface area (Å²) in [6, 6.07) is 7.91. The third-order valence-corrected chi connectivity index (χ3v) is 5.07. The van der Waals surface area contributed by atoms with Crippen LogP contribution in [0.4, 0.5) is 5.95 Å². The maximum absolute atomic E-state index is 12.5. The van der Waals surface area contributed by atoms with Crippen molar-refractivity contribution in [3.8, 4) is 0 Å². The van der Waals surface area contributed by atoms with E-state index in [0.717, 1.165) is 41.1 Å². The Morgan fingerprint density at radius 1 is 1.27 bits per heavy atom. The third-order valence-electron chi connectivity index (χ3n) is 4.02. The first-order valence-electron chi connectivity index (χ1n) is 8.97. The Hall–Kier alpha value is -2.25. The molecule has 0 fully saturated rings. The summed E-state index contributed by atoms with van der Waals surface area (Å²) in [5.74, 6) is 0.484. The van der Waals surface area contributed by atoms with E-state index in [-0.39, 0.29) is 12.3 Å². The number of hydrogen-bond donors (Lipinski definition) is 1. The second-order valence-corrected chi connectivity index (χ2v) is 6.88. The van der Waals surface area contributed by atoms with E-state index in [9.17, 15) is 4.79 Å². The highest BCUT2D eigenvalue weighted by molar-refractivity contribution is 7.09. The molecule has 0 saturated heterocycles. The Morgan fingerprint density at radius 3 is 2.88 bits per heavy atom. The van der Waals surface area contributed by atoms with E-state index in [4.69, 9.17) is 4.74 Å². The minimum atomic E-state index is -0.0979. The molecule has 0 bridgehead atoms. The average molecular weight is 372 g/mol. The Bertz CT molecular complexity index is 871. The zero-order chi connectivity index (χ0) is 18.4. The standard InChI is InChI=1S/C19H24N4O2S/c1-3-18-20-14(13-26-18)12-17(24)22-19-21-15-8-5-6-9-16(15)23(19)10-7-11-25-4-2/h5-6,8-9,13H,3-4,7,10-12H2,1-2H3,(H,21,22,24). The number of aryl methyl sites for hydroxylation is 2. The second kappa shape index (κ2) is 8.91. The lowest BCUT2D eigenvalue weighted by Crippen LogP contribution is -2.18. The van der Waals surface area contributed by atoms with Gasteiger partial charge in [0.1, 0.15) is 0 Å². The fraction of sp³-hybridized carbons (Fsp3) is 0.421. The van der Waals surface area contributed by atoms with Crippen molar-refractivity contribution in [1.29, 1.82) is 0 Å². The van der Waals surface area contributed by atoms with Gasteiger partial charge in [-0.15, -0.1) is 11.3 Å². The zero-order valence-corrected chi connectivity index (χ0v) is 16.0. The Morgan fingerprint density at radius 2 is 2.12 bits per heavy atom. The van der Waals surface area contributed by atoms with Crippen LogP contribution in [-0.4, -0.2) is 33.7 Å². The largest absolute Gasteiger partial charge is 0.382 e. The molecule has 2 heterocycles. The number of benzene rings is 1. The van der Waals surface area contributed by atoms with Gasteiger partial charge in [-0.05, 0) is 31.9 Å². The van der Waals surface area contributed by atoms with Crippen molar-refractivity contribution in [2.75, 3.05) is 18.5 Å². The molecule has 3 rings (SSSR count). The van der Waals surface area contributed by atoms with Crippen molar-refractivity contribution in [2.45, 2.75) is 39.7 Å². The van der Waals surface area contributed by atoms with E-state index in [1.165, 1.54) is 0 Å². The first-order valence-corrected chi connectivity index (χ1v) is 9.85. The summed E-state index contributed by atoms with van der Waals surface area (Å²) < 4.78 is 7.47. The highest BCUT2D eigenvalue weighted by atomic mass is 32.1. The number of rotatable bonds is 9. The first kappa shape index (κ1) is 18.5. The lowest BCUT2D eigenvalue weighted by Gasteiger charge is -2.10. The number of amides is 1. The molecule has 3 aromatic rings. The highest BCUT2D eigenvalue weighted by Crippen LogP contribution is 2.20. The molecular weight excluding hydrogens is 348 g/mol. The van der Waals surface area contributed by atoms with Crippen LogP contribution in [0.1, 0.15) is 31.0 Å². The number of imidazole rings is 1. The van der Waals surface area contributed by atoms with E-state index < -0.39 is 0 Å². The lowest BCUT2D eigenvalue weighted by atomic mass is 10.3. The summed E-state index contributed by atoms with van der Waals surface area (Å²) in [6.45, 7) is 6.19. The number of nitrogens with zero attached hydrogens (tertiary/aromatic N) is 3. The van der Waals surface area contributed by atoms with E-state index in [1.54, 1.807) is 11.3 Å². The minimum absolute atomic E-state index is 0.0979. The average Bonchev–Trinajstić information content (AvgIpc) is 3.23. The summed E-state index contributed by atoms with van der Waals surface area (Å²) in [6.07, 6.45) is 2.02. The maximum Gasteiger partial charge on any atom is 0.232 e. The molecule has 1 N–H and O–H groups in total. The third kappa shape index (κ3) is 4.47. The smallest absolute Gasteiger partial charge is 0.232 e. The number of para-hydroxylation sites is 2. The second-order valence-electron chi connectivity index (χ2n) is 5.94. The van der Waals surface area contributed by atoms with Crippen molar-refractivity contribution in [3.05, 3.63) is 40.3 Å². The number of aromatic nitrogens is 3. The molecular formula is C19H24N4O2S. The summed E-state index contributed by atoms with van der Waals surface area (Å²) in [4.78, 5) is 21.5. The quantitative estimate of drug-likeness (QED) is 0.582. The summed E-state index contributed by atoms with van der Waals surface area (Å²) in [5.41, 5.74) is 2.70. The molecule has 2 aromatic heterocycles. The van der Waals surface area contributed by atoms with Crippen LogP contribution in [0.3, 0.4) is 0 Å². The van der Waals surface area contributed by atoms with Gasteiger partial charge in [-0.25, -0.2) is 9.97 Å². The van der Waals surface area contributed by atoms with Crippen molar-refractivity contribution in [3.63, 3.8) is 0 Å². The topological polar surface area (TPSA) is 69.0 Å². The molecule has 0 spiro atoms. The number of fused-ring (bicyclic) bond motifs is 1. The van der Waals surface area contributed by atoms with E-state index in [2.05, 4.69) is 22.2 Å². The van der Waals surface area contributed by atoms with E-state index in [0.29, 0.717) is 19.2 Å². The number of nitrogens with one attached hydrogen (secondary N) is 1. The number of carbonyl (C=O) groups is 1. The van der Waals surface area contributed by atoms with Crippen LogP contribution < -0.4 is 5.32 Å². The number of hydrogen-bond acceptors (Lipinski definition) is 5. The fourth-order valence-electron chi connectivity index (χ4n) is 2.79. The van der Waals surface area contributed by atoms with Gasteiger partial charge >= 0.3 is 0 Å². The normalized spacial score (nSPS) is 11.2. The predicted molar refractivity (Wildman–Crippen MR) is 105 cm³/mol. The Labute approximate surface area is 157 Å². The highest BCUT2D eigenvalue weighted by Gasteiger charge is 2.14. The van der Waals surface area contributed by atoms with Crippen molar-refractivity contribution < 1.29 is 9.53 Å². The molecule has 6 nitrogen and oxygen atoms in total. The minimum Gasteiger partial charge on any atom is -0.382 e. The van der Waals surface area contributed by atoms with Gasteiger partial charge in [0, 0.05) is 25.1 Å². The van der Waals surface area contributed by atoms with Crippen molar-refractivity contribution in [1.82, 2.24) is 14.5 Å². The Balaban J connectivity index is 1.73. The lowest BCUT2D eigenvalue weighted by molar-refractivity contribution is -0.115. The Kier molecular flexibility index (Phi) is 6.35. The first-order chi connectivity index (χ1) is 12.7. The van der Waals surface area contributed by atoms with E-state index in [1.807, 2.05) is 41.1 Å². The molecule has 7 heteroatoms. The van der Waals surface area contributed by atoms with Crippen LogP contribution in [0.25, 0.3) is 11.0 Å². The number of ether oxygens (including phenoxy) is 1. The molecule has 138 valence electrons. The fourth-order valence-corrected chi connectivity index (χ4v) is 3.54. The van der Waals surface area contributed by atoms with Gasteiger partial charge in [-0.1, -0.05) is 19.1 Å². The molecule has 0 aliphatic carbocycles. The van der Waals surface area contributed by atoms with Gasteiger partial charge in [0.15, 0.2) is 0 Å². The molecule has 1 amide bonds. The number of anilines is 1. The van der Waals surface area contributed by atoms with Crippen LogP contribution in [0.15, 0.2) is 29.6 Å². The molecule has 0 aliphatic rings. The van der Waals surface area contributed by atoms with Gasteiger partial charge in [0.25, 0.3) is 0 Å². The van der Waals surface area contributed by atoms with Gasteiger partial charge in [0.2, 0.25) is 11.9 Å². The van der Waals surface area contributed by atoms with E-state index >= 15 is 0 Å².